The van der Waals surface area contributed by atoms with Gasteiger partial charge < -0.3 is 0 Å². The fraction of sp³-hybridized carbons (Fsp3) is 0.125. The number of hydrogen-bond donors (Lipinski definition) is 0. The molecule has 0 radical (unpaired) electrons. The van der Waals surface area contributed by atoms with Crippen molar-refractivity contribution in [1.82, 2.24) is 0 Å². The highest BCUT2D eigenvalue weighted by molar-refractivity contribution is 9.10. The van der Waals surface area contributed by atoms with Gasteiger partial charge in [-0.2, -0.15) is 5.26 Å². The van der Waals surface area contributed by atoms with Gasteiger partial charge in [0.25, 0.3) is 0 Å². The number of hydrogen-bond acceptors (Lipinski definition) is 2. The van der Waals surface area contributed by atoms with Gasteiger partial charge in [0.05, 0.1) is 17.0 Å². The SMILES string of the molecule is N#CCC(C(=O)c1cc(Br)ccc1Cl)c1ccccc1. The Balaban J connectivity index is 2.42. The molecule has 2 nitrogen and oxygen atoms in total. The molecule has 1 unspecified atom stereocenters. The molecule has 0 N–H and O–H groups in total. The van der Waals surface area contributed by atoms with Gasteiger partial charge in [0.1, 0.15) is 0 Å². The van der Waals surface area contributed by atoms with Crippen LogP contribution in [-0.4, -0.2) is 5.78 Å². The topological polar surface area (TPSA) is 40.9 Å². The average Bonchev–Trinajstić information content (AvgIpc) is 2.47. The molecule has 0 fully saturated rings. The van der Waals surface area contributed by atoms with Crippen molar-refractivity contribution in [3.8, 4) is 6.07 Å². The second-order valence-electron chi connectivity index (χ2n) is 4.31. The summed E-state index contributed by atoms with van der Waals surface area (Å²) in [5.74, 6) is -0.628. The highest BCUT2D eigenvalue weighted by Crippen LogP contribution is 2.29. The van der Waals surface area contributed by atoms with Crippen LogP contribution in [0.15, 0.2) is 53.0 Å². The van der Waals surface area contributed by atoms with E-state index in [2.05, 4.69) is 22.0 Å². The van der Waals surface area contributed by atoms with Crippen LogP contribution >= 0.6 is 27.5 Å². The first-order chi connectivity index (χ1) is 9.63. The summed E-state index contributed by atoms with van der Waals surface area (Å²) in [6.07, 6.45) is 0.131. The lowest BCUT2D eigenvalue weighted by Crippen LogP contribution is -2.13. The molecule has 20 heavy (non-hydrogen) atoms. The van der Waals surface area contributed by atoms with Gasteiger partial charge in [-0.3, -0.25) is 4.79 Å². The molecule has 100 valence electrons. The minimum Gasteiger partial charge on any atom is -0.293 e. The number of nitrogens with zero attached hydrogens (tertiary/aromatic N) is 1. The molecule has 0 aliphatic heterocycles. The van der Waals surface area contributed by atoms with Crippen LogP contribution in [0, 0.1) is 11.3 Å². The van der Waals surface area contributed by atoms with Gasteiger partial charge in [0.2, 0.25) is 0 Å². The van der Waals surface area contributed by atoms with Crippen LogP contribution in [-0.2, 0) is 0 Å². The smallest absolute Gasteiger partial charge is 0.172 e. The fourth-order valence-corrected chi connectivity index (χ4v) is 2.58. The molecular formula is C16H11BrClNO. The van der Waals surface area contributed by atoms with E-state index < -0.39 is 5.92 Å². The molecule has 0 aliphatic rings. The summed E-state index contributed by atoms with van der Waals surface area (Å²) in [7, 11) is 0. The molecule has 2 aromatic carbocycles. The van der Waals surface area contributed by atoms with Gasteiger partial charge in [0.15, 0.2) is 5.78 Å². The van der Waals surface area contributed by atoms with Gasteiger partial charge >= 0.3 is 0 Å². The zero-order chi connectivity index (χ0) is 14.5. The highest BCUT2D eigenvalue weighted by Gasteiger charge is 2.23. The predicted octanol–water partition coefficient (Wildman–Crippen LogP) is 4.98. The Bertz CT molecular complexity index is 664. The van der Waals surface area contributed by atoms with Crippen molar-refractivity contribution in [2.24, 2.45) is 0 Å². The molecule has 4 heteroatoms. The summed E-state index contributed by atoms with van der Waals surface area (Å²) in [4.78, 5) is 12.7. The van der Waals surface area contributed by atoms with Crippen LogP contribution in [0.4, 0.5) is 0 Å². The number of carbonyl (C=O) groups is 1. The standard InChI is InChI=1S/C16H11BrClNO/c17-12-6-7-15(18)14(10-12)16(20)13(8-9-19)11-4-2-1-3-5-11/h1-7,10,13H,8H2. The summed E-state index contributed by atoms with van der Waals surface area (Å²) in [5.41, 5.74) is 1.26. The summed E-state index contributed by atoms with van der Waals surface area (Å²) >= 11 is 9.43. The zero-order valence-electron chi connectivity index (χ0n) is 10.5. The molecule has 0 bridgehead atoms. The molecule has 0 spiro atoms. The van der Waals surface area contributed by atoms with E-state index in [0.29, 0.717) is 10.6 Å². The molecule has 1 atom stereocenters. The minimum absolute atomic E-state index is 0.131. The second-order valence-corrected chi connectivity index (χ2v) is 5.64. The van der Waals surface area contributed by atoms with Gasteiger partial charge in [-0.1, -0.05) is 57.9 Å². The van der Waals surface area contributed by atoms with Gasteiger partial charge in [0, 0.05) is 16.5 Å². The fourth-order valence-electron chi connectivity index (χ4n) is 2.01. The number of nitriles is 1. The van der Waals surface area contributed by atoms with E-state index in [9.17, 15) is 4.79 Å². The number of halogens is 2. The van der Waals surface area contributed by atoms with Crippen LogP contribution in [0.3, 0.4) is 0 Å². The van der Waals surface area contributed by atoms with Gasteiger partial charge in [-0.15, -0.1) is 0 Å². The number of Topliss-reactive ketones (excluding diaryl/α,β-unsaturated/α-hetero) is 1. The Morgan fingerprint density at radius 2 is 1.95 bits per heavy atom. The van der Waals surface area contributed by atoms with E-state index in [1.54, 1.807) is 18.2 Å². The summed E-state index contributed by atoms with van der Waals surface area (Å²) in [6, 6.07) is 16.5. The third-order valence-electron chi connectivity index (χ3n) is 3.01. The number of carbonyl (C=O) groups excluding carboxylic acids is 1. The zero-order valence-corrected chi connectivity index (χ0v) is 12.9. The van der Waals surface area contributed by atoms with Crippen molar-refractivity contribution in [2.75, 3.05) is 0 Å². The molecule has 0 aliphatic carbocycles. The Kier molecular flexibility index (Phi) is 4.94. The molecule has 0 saturated carbocycles. The third kappa shape index (κ3) is 3.27. The Morgan fingerprint density at radius 1 is 1.25 bits per heavy atom. The first-order valence-corrected chi connectivity index (χ1v) is 7.21. The van der Waals surface area contributed by atoms with E-state index in [0.717, 1.165) is 10.0 Å². The van der Waals surface area contributed by atoms with E-state index in [4.69, 9.17) is 16.9 Å². The molecule has 0 saturated heterocycles. The molecule has 0 heterocycles. The molecule has 0 amide bonds. The van der Waals surface area contributed by atoms with Crippen molar-refractivity contribution >= 4 is 33.3 Å². The van der Waals surface area contributed by atoms with Crippen LogP contribution in [0.1, 0.15) is 28.3 Å². The number of rotatable bonds is 4. The third-order valence-corrected chi connectivity index (χ3v) is 3.83. The maximum absolute atomic E-state index is 12.7. The Labute approximate surface area is 131 Å². The van der Waals surface area contributed by atoms with E-state index in [-0.39, 0.29) is 12.2 Å². The summed E-state index contributed by atoms with van der Waals surface area (Å²) < 4.78 is 0.786. The molecule has 2 rings (SSSR count). The van der Waals surface area contributed by atoms with Crippen LogP contribution < -0.4 is 0 Å². The lowest BCUT2D eigenvalue weighted by molar-refractivity contribution is 0.0960. The van der Waals surface area contributed by atoms with Gasteiger partial charge in [-0.25, -0.2) is 0 Å². The first-order valence-electron chi connectivity index (χ1n) is 6.04. The van der Waals surface area contributed by atoms with Crippen molar-refractivity contribution in [3.63, 3.8) is 0 Å². The molecular weight excluding hydrogens is 338 g/mol. The molecule has 0 aromatic heterocycles. The van der Waals surface area contributed by atoms with Crippen molar-refractivity contribution < 1.29 is 4.79 Å². The minimum atomic E-state index is -0.493. The van der Waals surface area contributed by atoms with Crippen molar-refractivity contribution in [1.29, 1.82) is 5.26 Å². The predicted molar refractivity (Wildman–Crippen MR) is 82.9 cm³/mol. The van der Waals surface area contributed by atoms with Crippen molar-refractivity contribution in [3.05, 3.63) is 69.2 Å². The van der Waals surface area contributed by atoms with E-state index >= 15 is 0 Å². The number of benzene rings is 2. The number of ketones is 1. The molecule has 2 aromatic rings. The monoisotopic (exact) mass is 347 g/mol. The maximum atomic E-state index is 12.7. The lowest BCUT2D eigenvalue weighted by Gasteiger charge is -2.14. The van der Waals surface area contributed by atoms with Crippen LogP contribution in [0.25, 0.3) is 0 Å². The Hall–Kier alpha value is -1.63. The van der Waals surface area contributed by atoms with Crippen LogP contribution in [0.2, 0.25) is 5.02 Å². The van der Waals surface area contributed by atoms with Gasteiger partial charge in [-0.05, 0) is 23.8 Å². The highest BCUT2D eigenvalue weighted by atomic mass is 79.9. The summed E-state index contributed by atoms with van der Waals surface area (Å²) in [6.45, 7) is 0. The first kappa shape index (κ1) is 14.8. The quantitative estimate of drug-likeness (QED) is 0.731. The Morgan fingerprint density at radius 3 is 2.60 bits per heavy atom. The lowest BCUT2D eigenvalue weighted by atomic mass is 9.88. The largest absolute Gasteiger partial charge is 0.293 e. The second kappa shape index (κ2) is 6.69. The van der Waals surface area contributed by atoms with Crippen molar-refractivity contribution in [2.45, 2.75) is 12.3 Å². The average molecular weight is 349 g/mol. The normalized spacial score (nSPS) is 11.7. The van der Waals surface area contributed by atoms with Crippen LogP contribution in [0.5, 0.6) is 0 Å². The maximum Gasteiger partial charge on any atom is 0.172 e. The summed E-state index contributed by atoms with van der Waals surface area (Å²) in [5, 5.41) is 9.37. The van der Waals surface area contributed by atoms with E-state index in [1.807, 2.05) is 30.3 Å². The van der Waals surface area contributed by atoms with E-state index in [1.165, 1.54) is 0 Å².